The summed E-state index contributed by atoms with van der Waals surface area (Å²) in [7, 11) is -2.70. The second kappa shape index (κ2) is 5.23. The number of rotatable bonds is 4. The third-order valence-electron chi connectivity index (χ3n) is 3.10. The van der Waals surface area contributed by atoms with Gasteiger partial charge in [-0.2, -0.15) is 0 Å². The van der Waals surface area contributed by atoms with Crippen molar-refractivity contribution in [1.29, 1.82) is 0 Å². The molecule has 1 fully saturated rings. The highest BCUT2D eigenvalue weighted by molar-refractivity contribution is 7.89. The lowest BCUT2D eigenvalue weighted by Gasteiger charge is -2.36. The van der Waals surface area contributed by atoms with Crippen LogP contribution in [-0.4, -0.2) is 55.7 Å². The number of ether oxygens (including phenoxy) is 1. The molecule has 0 saturated carbocycles. The van der Waals surface area contributed by atoms with Gasteiger partial charge in [-0.1, -0.05) is 0 Å². The summed E-state index contributed by atoms with van der Waals surface area (Å²) in [6, 6.07) is 0. The lowest BCUT2D eigenvalue weighted by Crippen LogP contribution is -2.49. The van der Waals surface area contributed by atoms with Gasteiger partial charge in [-0.25, -0.2) is 12.7 Å². The van der Waals surface area contributed by atoms with E-state index in [1.807, 2.05) is 0 Å². The molecular weight excluding hydrogens is 262 g/mol. The lowest BCUT2D eigenvalue weighted by atomic mass is 9.83. The van der Waals surface area contributed by atoms with Crippen molar-refractivity contribution < 1.29 is 27.9 Å². The standard InChI is InChI=1S/C10H17NO6S/c1-10(9(13)14)4-3-5-11(7-10)18(15,16)6-8(12)17-2/h3-7H2,1-2H3,(H,13,14). The Morgan fingerprint density at radius 2 is 2.06 bits per heavy atom. The maximum absolute atomic E-state index is 11.9. The molecule has 1 unspecified atom stereocenters. The Bertz CT molecular complexity index is 445. The van der Waals surface area contributed by atoms with E-state index in [1.54, 1.807) is 0 Å². The quantitative estimate of drug-likeness (QED) is 0.707. The zero-order valence-corrected chi connectivity index (χ0v) is 11.2. The third kappa shape index (κ3) is 3.20. The van der Waals surface area contributed by atoms with Crippen molar-refractivity contribution in [1.82, 2.24) is 4.31 Å². The summed E-state index contributed by atoms with van der Waals surface area (Å²) in [5.74, 6) is -2.63. The molecule has 0 aromatic rings. The highest BCUT2D eigenvalue weighted by Crippen LogP contribution is 2.31. The van der Waals surface area contributed by atoms with Gasteiger partial charge in [0.05, 0.1) is 12.5 Å². The number of aliphatic carboxylic acids is 1. The zero-order chi connectivity index (χ0) is 14.0. The minimum atomic E-state index is -3.80. The molecule has 8 heteroatoms. The molecule has 1 atom stereocenters. The number of carbonyl (C=O) groups excluding carboxylic acids is 1. The predicted molar refractivity (Wildman–Crippen MR) is 62.4 cm³/mol. The average molecular weight is 279 g/mol. The van der Waals surface area contributed by atoms with E-state index in [0.29, 0.717) is 12.8 Å². The Balaban J connectivity index is 2.84. The van der Waals surface area contributed by atoms with E-state index >= 15 is 0 Å². The lowest BCUT2D eigenvalue weighted by molar-refractivity contribution is -0.150. The van der Waals surface area contributed by atoms with E-state index in [4.69, 9.17) is 5.11 Å². The van der Waals surface area contributed by atoms with E-state index in [9.17, 15) is 18.0 Å². The maximum atomic E-state index is 11.9. The number of piperidine rings is 1. The number of carbonyl (C=O) groups is 2. The Hall–Kier alpha value is -1.15. The van der Waals surface area contributed by atoms with E-state index in [0.717, 1.165) is 11.4 Å². The molecule has 0 radical (unpaired) electrons. The van der Waals surface area contributed by atoms with Crippen LogP contribution in [0.2, 0.25) is 0 Å². The molecule has 1 heterocycles. The highest BCUT2D eigenvalue weighted by Gasteiger charge is 2.42. The van der Waals surface area contributed by atoms with Crippen molar-refractivity contribution in [2.45, 2.75) is 19.8 Å². The molecule has 1 N–H and O–H groups in total. The Kier molecular flexibility index (Phi) is 4.33. The number of sulfonamides is 1. The molecule has 0 aromatic carbocycles. The van der Waals surface area contributed by atoms with Crippen molar-refractivity contribution in [2.24, 2.45) is 5.41 Å². The largest absolute Gasteiger partial charge is 0.481 e. The number of hydrogen-bond donors (Lipinski definition) is 1. The van der Waals surface area contributed by atoms with Crippen molar-refractivity contribution in [2.75, 3.05) is 26.0 Å². The molecule has 1 aliphatic heterocycles. The van der Waals surface area contributed by atoms with Crippen molar-refractivity contribution >= 4 is 22.0 Å². The summed E-state index contributed by atoms with van der Waals surface area (Å²) >= 11 is 0. The molecule has 18 heavy (non-hydrogen) atoms. The normalized spacial score (nSPS) is 25.7. The summed E-state index contributed by atoms with van der Waals surface area (Å²) < 4.78 is 29.2. The SMILES string of the molecule is COC(=O)CS(=O)(=O)N1CCCC(C)(C(=O)O)C1. The predicted octanol–water partition coefficient (Wildman–Crippen LogP) is -0.324. The summed E-state index contributed by atoms with van der Waals surface area (Å²) in [5, 5.41) is 9.10. The first kappa shape index (κ1) is 14.9. The number of nitrogens with zero attached hydrogens (tertiary/aromatic N) is 1. The minimum absolute atomic E-state index is 0.109. The van der Waals surface area contributed by atoms with Crippen LogP contribution in [0, 0.1) is 5.41 Å². The van der Waals surface area contributed by atoms with E-state index in [2.05, 4.69) is 4.74 Å². The van der Waals surface area contributed by atoms with Gasteiger partial charge in [0.1, 0.15) is 0 Å². The van der Waals surface area contributed by atoms with Gasteiger partial charge in [0, 0.05) is 13.1 Å². The second-order valence-corrected chi connectivity index (χ2v) is 6.60. The summed E-state index contributed by atoms with van der Waals surface area (Å²) in [5.41, 5.74) is -1.10. The van der Waals surface area contributed by atoms with E-state index in [1.165, 1.54) is 6.92 Å². The molecule has 0 aromatic heterocycles. The zero-order valence-electron chi connectivity index (χ0n) is 10.4. The van der Waals surface area contributed by atoms with E-state index in [-0.39, 0.29) is 13.1 Å². The van der Waals surface area contributed by atoms with Gasteiger partial charge in [-0.05, 0) is 19.8 Å². The van der Waals surface area contributed by atoms with Crippen LogP contribution in [0.15, 0.2) is 0 Å². The Morgan fingerprint density at radius 1 is 1.44 bits per heavy atom. The van der Waals surface area contributed by atoms with Crippen LogP contribution >= 0.6 is 0 Å². The van der Waals surface area contributed by atoms with Gasteiger partial charge in [-0.15, -0.1) is 0 Å². The fraction of sp³-hybridized carbons (Fsp3) is 0.800. The minimum Gasteiger partial charge on any atom is -0.481 e. The fourth-order valence-electron chi connectivity index (χ4n) is 1.90. The fourth-order valence-corrected chi connectivity index (χ4v) is 3.39. The number of carboxylic acid groups (broad SMARTS) is 1. The molecule has 0 spiro atoms. The third-order valence-corrected chi connectivity index (χ3v) is 4.80. The molecule has 0 amide bonds. The van der Waals surface area contributed by atoms with E-state index < -0.39 is 33.1 Å². The average Bonchev–Trinajstić information content (AvgIpc) is 2.28. The Labute approximate surface area is 106 Å². The van der Waals surface area contributed by atoms with Crippen molar-refractivity contribution in [3.05, 3.63) is 0 Å². The van der Waals surface area contributed by atoms with Crippen molar-refractivity contribution in [3.8, 4) is 0 Å². The first-order chi connectivity index (χ1) is 8.21. The Morgan fingerprint density at radius 3 is 2.56 bits per heavy atom. The van der Waals surface area contributed by atoms with Gasteiger partial charge in [0.2, 0.25) is 10.0 Å². The monoisotopic (exact) mass is 279 g/mol. The molecule has 1 rings (SSSR count). The number of carboxylic acids is 1. The number of methoxy groups -OCH3 is 1. The van der Waals surface area contributed by atoms with Crippen LogP contribution in [0.25, 0.3) is 0 Å². The first-order valence-corrected chi connectivity index (χ1v) is 7.10. The van der Waals surface area contributed by atoms with Gasteiger partial charge in [0.25, 0.3) is 0 Å². The van der Waals surface area contributed by atoms with Crippen LogP contribution in [0.5, 0.6) is 0 Å². The van der Waals surface area contributed by atoms with Crippen LogP contribution < -0.4 is 0 Å². The van der Waals surface area contributed by atoms with Crippen LogP contribution in [-0.2, 0) is 24.3 Å². The molecule has 104 valence electrons. The molecule has 0 aliphatic carbocycles. The highest BCUT2D eigenvalue weighted by atomic mass is 32.2. The molecule has 1 saturated heterocycles. The topological polar surface area (TPSA) is 101 Å². The smallest absolute Gasteiger partial charge is 0.322 e. The van der Waals surface area contributed by atoms with Gasteiger partial charge in [0.15, 0.2) is 5.75 Å². The van der Waals surface area contributed by atoms with Crippen LogP contribution in [0.4, 0.5) is 0 Å². The van der Waals surface area contributed by atoms with Crippen LogP contribution in [0.1, 0.15) is 19.8 Å². The molecule has 7 nitrogen and oxygen atoms in total. The second-order valence-electron chi connectivity index (χ2n) is 4.64. The van der Waals surface area contributed by atoms with Gasteiger partial charge in [-0.3, -0.25) is 9.59 Å². The van der Waals surface area contributed by atoms with Gasteiger partial charge >= 0.3 is 11.9 Å². The maximum Gasteiger partial charge on any atom is 0.322 e. The summed E-state index contributed by atoms with van der Waals surface area (Å²) in [6.07, 6.45) is 0.885. The first-order valence-electron chi connectivity index (χ1n) is 5.49. The molecule has 1 aliphatic rings. The molecule has 0 bridgehead atoms. The number of hydrogen-bond acceptors (Lipinski definition) is 5. The molecular formula is C10H17NO6S. The van der Waals surface area contributed by atoms with Gasteiger partial charge < -0.3 is 9.84 Å². The number of esters is 1. The van der Waals surface area contributed by atoms with Crippen molar-refractivity contribution in [3.63, 3.8) is 0 Å². The summed E-state index contributed by atoms with van der Waals surface area (Å²) in [4.78, 5) is 22.1. The summed E-state index contributed by atoms with van der Waals surface area (Å²) in [6.45, 7) is 1.64. The van der Waals surface area contributed by atoms with Crippen LogP contribution in [0.3, 0.4) is 0 Å².